The van der Waals surface area contributed by atoms with Gasteiger partial charge in [-0.25, -0.2) is 9.18 Å². The predicted molar refractivity (Wildman–Crippen MR) is 107 cm³/mol. The molecule has 1 N–H and O–H groups in total. The molecule has 1 aliphatic rings. The van der Waals surface area contributed by atoms with E-state index in [0.717, 1.165) is 17.0 Å². The topological polar surface area (TPSA) is 94.4 Å². The average molecular weight is 453 g/mol. The molecule has 0 aliphatic carbocycles. The van der Waals surface area contributed by atoms with Crippen LogP contribution in [0.1, 0.15) is 26.3 Å². The zero-order chi connectivity index (χ0) is 23.3. The number of ether oxygens (including phenoxy) is 1. The van der Waals surface area contributed by atoms with E-state index in [0.29, 0.717) is 10.9 Å². The Balaban J connectivity index is 1.73. The summed E-state index contributed by atoms with van der Waals surface area (Å²) in [6.07, 6.45) is 2.99. The molecule has 0 saturated carbocycles. The number of alkyl halides is 2. The summed E-state index contributed by atoms with van der Waals surface area (Å²) in [5.41, 5.74) is -1.17. The first-order chi connectivity index (χ1) is 15.0. The maximum atomic E-state index is 15.0. The van der Waals surface area contributed by atoms with Gasteiger partial charge in [0, 0.05) is 24.7 Å². The second-order valence-electron chi connectivity index (χ2n) is 8.38. The zero-order valence-electron chi connectivity index (χ0n) is 17.9. The number of hydrogen-bond donors (Lipinski definition) is 1. The lowest BCUT2D eigenvalue weighted by atomic mass is 9.94. The van der Waals surface area contributed by atoms with Gasteiger partial charge in [0.25, 0.3) is 5.92 Å². The SMILES string of the molecule is Cn1nc(-n2cco[nH]o2)c2cc(F)c(C3=CCN(C(=O)OC(C)(C)C)CC3(F)F)cc21. The van der Waals surface area contributed by atoms with Crippen LogP contribution in [0, 0.1) is 5.82 Å². The van der Waals surface area contributed by atoms with Crippen molar-refractivity contribution in [2.75, 3.05) is 13.1 Å². The molecule has 9 nitrogen and oxygen atoms in total. The number of amides is 1. The van der Waals surface area contributed by atoms with Crippen molar-refractivity contribution in [1.29, 1.82) is 0 Å². The van der Waals surface area contributed by atoms with Crippen molar-refractivity contribution in [3.63, 3.8) is 0 Å². The lowest BCUT2D eigenvalue weighted by Crippen LogP contribution is -2.47. The van der Waals surface area contributed by atoms with E-state index in [2.05, 4.69) is 10.4 Å². The summed E-state index contributed by atoms with van der Waals surface area (Å²) >= 11 is 0. The number of aromatic nitrogens is 4. The van der Waals surface area contributed by atoms with E-state index in [1.165, 1.54) is 27.9 Å². The Morgan fingerprint density at radius 1 is 1.31 bits per heavy atom. The summed E-state index contributed by atoms with van der Waals surface area (Å²) in [7, 11) is 1.60. The van der Waals surface area contributed by atoms with Crippen LogP contribution < -0.4 is 0 Å². The molecule has 0 bridgehead atoms. The Kier molecular flexibility index (Phi) is 5.10. The molecule has 172 valence electrons. The van der Waals surface area contributed by atoms with E-state index < -0.39 is 35.6 Å². The number of carbonyl (C=O) groups excluding carboxylic acids is 1. The Labute approximate surface area is 180 Å². The summed E-state index contributed by atoms with van der Waals surface area (Å²) in [5, 5.41) is 6.79. The largest absolute Gasteiger partial charge is 0.444 e. The first kappa shape index (κ1) is 21.7. The van der Waals surface area contributed by atoms with Crippen molar-refractivity contribution in [2.45, 2.75) is 32.3 Å². The van der Waals surface area contributed by atoms with Gasteiger partial charge in [0.05, 0.1) is 23.6 Å². The first-order valence-electron chi connectivity index (χ1n) is 9.73. The summed E-state index contributed by atoms with van der Waals surface area (Å²) in [6.45, 7) is 3.89. The number of fused-ring (bicyclic) bond motifs is 1. The molecule has 12 heteroatoms. The molecule has 2 aromatic heterocycles. The van der Waals surface area contributed by atoms with Crippen LogP contribution >= 0.6 is 0 Å². The van der Waals surface area contributed by atoms with E-state index >= 15 is 13.2 Å². The fourth-order valence-electron chi connectivity index (χ4n) is 3.46. The van der Waals surface area contributed by atoms with Gasteiger partial charge in [0.15, 0.2) is 0 Å². The van der Waals surface area contributed by atoms with E-state index in [4.69, 9.17) is 13.9 Å². The number of H-pyrrole nitrogens is 1. The standard InChI is InChI=1S/C20H22F3N5O4/c1-19(2,3)31-18(29)27-6-5-14(20(22,23)11-27)12-10-16-13(9-15(12)21)17(24-26(16)4)28-7-8-30-25-32-28/h5,7-10,25H,6,11H2,1-4H3. The van der Waals surface area contributed by atoms with E-state index in [9.17, 15) is 4.79 Å². The highest BCUT2D eigenvalue weighted by atomic mass is 19.3. The molecule has 0 radical (unpaired) electrons. The van der Waals surface area contributed by atoms with Crippen molar-refractivity contribution >= 4 is 22.6 Å². The molecule has 3 aromatic rings. The maximum Gasteiger partial charge on any atom is 0.410 e. The van der Waals surface area contributed by atoms with Gasteiger partial charge in [0.2, 0.25) is 5.82 Å². The molecule has 0 saturated heterocycles. The highest BCUT2D eigenvalue weighted by Gasteiger charge is 2.43. The van der Waals surface area contributed by atoms with Gasteiger partial charge in [-0.15, -0.1) is 4.74 Å². The van der Waals surface area contributed by atoms with Gasteiger partial charge in [-0.1, -0.05) is 11.4 Å². The molecule has 3 heterocycles. The second-order valence-corrected chi connectivity index (χ2v) is 8.38. The Hall–Kier alpha value is -3.57. The highest BCUT2D eigenvalue weighted by molar-refractivity contribution is 5.90. The van der Waals surface area contributed by atoms with Crippen LogP contribution in [0.25, 0.3) is 22.3 Å². The average Bonchev–Trinajstić information content (AvgIpc) is 3.02. The van der Waals surface area contributed by atoms with Gasteiger partial charge < -0.3 is 9.26 Å². The van der Waals surface area contributed by atoms with Crippen molar-refractivity contribution in [3.8, 4) is 5.82 Å². The number of carbonyl (C=O) groups is 1. The Bertz CT molecular complexity index is 1220. The monoisotopic (exact) mass is 453 g/mol. The summed E-state index contributed by atoms with van der Waals surface area (Å²) in [5.74, 6) is -4.10. The molecular formula is C20H22F3N5O4. The van der Waals surface area contributed by atoms with E-state index in [1.54, 1.807) is 27.8 Å². The molecule has 0 unspecified atom stereocenters. The third-order valence-electron chi connectivity index (χ3n) is 4.82. The minimum atomic E-state index is -3.48. The normalized spacial score (nSPS) is 16.2. The molecule has 32 heavy (non-hydrogen) atoms. The third-order valence-corrected chi connectivity index (χ3v) is 4.82. The number of nitrogens with one attached hydrogen (secondary N) is 1. The van der Waals surface area contributed by atoms with Crippen LogP contribution in [0.15, 0.2) is 39.8 Å². The Morgan fingerprint density at radius 3 is 2.69 bits per heavy atom. The van der Waals surface area contributed by atoms with Crippen molar-refractivity contribution in [2.24, 2.45) is 7.05 Å². The number of halogens is 3. The van der Waals surface area contributed by atoms with E-state index in [-0.39, 0.29) is 17.9 Å². The molecule has 1 aliphatic heterocycles. The number of aryl methyl sites for hydroxylation is 1. The number of aromatic amines is 1. The molecule has 1 aromatic carbocycles. The summed E-state index contributed by atoms with van der Waals surface area (Å²) in [6, 6.07) is 2.43. The fourth-order valence-corrected chi connectivity index (χ4v) is 3.46. The van der Waals surface area contributed by atoms with Crippen LogP contribution in [-0.4, -0.2) is 55.5 Å². The lowest BCUT2D eigenvalue weighted by molar-refractivity contribution is -0.0106. The molecule has 0 atom stereocenters. The molecule has 1 amide bonds. The summed E-state index contributed by atoms with van der Waals surface area (Å²) in [4.78, 5) is 13.1. The van der Waals surface area contributed by atoms with Crippen LogP contribution in [0.4, 0.5) is 18.0 Å². The summed E-state index contributed by atoms with van der Waals surface area (Å²) < 4.78 is 62.6. The minimum Gasteiger partial charge on any atom is -0.444 e. The van der Waals surface area contributed by atoms with Crippen molar-refractivity contribution in [1.82, 2.24) is 24.7 Å². The van der Waals surface area contributed by atoms with Gasteiger partial charge in [-0.05, 0) is 32.9 Å². The smallest absolute Gasteiger partial charge is 0.410 e. The van der Waals surface area contributed by atoms with Crippen LogP contribution in [0.5, 0.6) is 0 Å². The van der Waals surface area contributed by atoms with Gasteiger partial charge in [-0.3, -0.25) is 14.2 Å². The molecule has 4 rings (SSSR count). The fraction of sp³-hybridized carbons (Fsp3) is 0.400. The molecule has 0 spiro atoms. The van der Waals surface area contributed by atoms with Gasteiger partial charge in [-0.2, -0.15) is 13.9 Å². The number of nitrogens with zero attached hydrogens (tertiary/aromatic N) is 4. The number of benzene rings is 1. The Morgan fingerprint density at radius 2 is 2.06 bits per heavy atom. The van der Waals surface area contributed by atoms with Crippen LogP contribution in [0.3, 0.4) is 0 Å². The van der Waals surface area contributed by atoms with Gasteiger partial charge >= 0.3 is 6.09 Å². The predicted octanol–water partition coefficient (Wildman–Crippen LogP) is 4.41. The molecular weight excluding hydrogens is 431 g/mol. The van der Waals surface area contributed by atoms with E-state index in [1.807, 2.05) is 0 Å². The van der Waals surface area contributed by atoms with Crippen molar-refractivity contribution in [3.05, 3.63) is 42.0 Å². The third kappa shape index (κ3) is 3.99. The highest BCUT2D eigenvalue weighted by Crippen LogP contribution is 2.39. The maximum absolute atomic E-state index is 15.0. The zero-order valence-corrected chi connectivity index (χ0v) is 17.9. The minimum absolute atomic E-state index is 0.133. The number of hydrogen-bond acceptors (Lipinski definition) is 5. The van der Waals surface area contributed by atoms with Crippen LogP contribution in [-0.2, 0) is 11.8 Å². The quantitative estimate of drug-likeness (QED) is 0.620. The number of rotatable bonds is 2. The second kappa shape index (κ2) is 7.53. The molecule has 0 fully saturated rings. The van der Waals surface area contributed by atoms with Crippen LogP contribution in [0.2, 0.25) is 0 Å². The first-order valence-corrected chi connectivity index (χ1v) is 9.73. The van der Waals surface area contributed by atoms with Gasteiger partial charge in [0.1, 0.15) is 17.7 Å². The lowest BCUT2D eigenvalue weighted by Gasteiger charge is -2.34. The van der Waals surface area contributed by atoms with Crippen molar-refractivity contribution < 1.29 is 31.9 Å².